The molecule has 6 heteroatoms. The molecule has 0 aromatic heterocycles. The van der Waals surface area contributed by atoms with E-state index >= 15 is 0 Å². The Morgan fingerprint density at radius 3 is 2.83 bits per heavy atom. The van der Waals surface area contributed by atoms with Crippen LogP contribution in [0, 0.1) is 5.92 Å². The first-order chi connectivity index (χ1) is 8.57. The van der Waals surface area contributed by atoms with Crippen LogP contribution in [-0.2, 0) is 16.6 Å². The Balaban J connectivity index is 1.90. The highest BCUT2D eigenvalue weighted by molar-refractivity contribution is 9.10. The fourth-order valence-electron chi connectivity index (χ4n) is 2.06. The van der Waals surface area contributed by atoms with E-state index in [-0.39, 0.29) is 11.7 Å². The van der Waals surface area contributed by atoms with Crippen LogP contribution in [0.2, 0.25) is 0 Å². The SMILES string of the molecule is O=S(=O)(CC1CCNC1)NCc1ccccc1Br. The molecule has 1 aromatic carbocycles. The lowest BCUT2D eigenvalue weighted by molar-refractivity contribution is 0.557. The van der Waals surface area contributed by atoms with Crippen molar-refractivity contribution >= 4 is 26.0 Å². The molecule has 0 radical (unpaired) electrons. The van der Waals surface area contributed by atoms with Crippen molar-refractivity contribution in [2.45, 2.75) is 13.0 Å². The summed E-state index contributed by atoms with van der Waals surface area (Å²) in [7, 11) is -3.19. The molecule has 1 unspecified atom stereocenters. The van der Waals surface area contributed by atoms with E-state index in [1.54, 1.807) is 0 Å². The van der Waals surface area contributed by atoms with E-state index in [0.717, 1.165) is 29.5 Å². The Bertz CT molecular complexity index is 499. The fourth-order valence-corrected chi connectivity index (χ4v) is 3.88. The first-order valence-corrected chi connectivity index (χ1v) is 8.43. The second-order valence-electron chi connectivity index (χ2n) is 4.55. The molecule has 2 N–H and O–H groups in total. The van der Waals surface area contributed by atoms with Crippen LogP contribution in [0.1, 0.15) is 12.0 Å². The van der Waals surface area contributed by atoms with Gasteiger partial charge in [-0.05, 0) is 37.1 Å². The summed E-state index contributed by atoms with van der Waals surface area (Å²) < 4.78 is 27.4. The molecular formula is C12H17BrN2O2S. The van der Waals surface area contributed by atoms with Gasteiger partial charge in [0.2, 0.25) is 10.0 Å². The quantitative estimate of drug-likeness (QED) is 0.858. The maximum Gasteiger partial charge on any atom is 0.212 e. The molecule has 1 aliphatic heterocycles. The van der Waals surface area contributed by atoms with Crippen LogP contribution in [0.25, 0.3) is 0 Å². The number of hydrogen-bond acceptors (Lipinski definition) is 3. The smallest absolute Gasteiger partial charge is 0.212 e. The number of sulfonamides is 1. The van der Waals surface area contributed by atoms with Gasteiger partial charge >= 0.3 is 0 Å². The van der Waals surface area contributed by atoms with Crippen LogP contribution in [0.3, 0.4) is 0 Å². The van der Waals surface area contributed by atoms with Crippen LogP contribution in [0.15, 0.2) is 28.7 Å². The first-order valence-electron chi connectivity index (χ1n) is 5.98. The second-order valence-corrected chi connectivity index (χ2v) is 7.26. The minimum atomic E-state index is -3.19. The van der Waals surface area contributed by atoms with Gasteiger partial charge in [0.1, 0.15) is 0 Å². The third-order valence-corrected chi connectivity index (χ3v) is 5.33. The predicted molar refractivity (Wildman–Crippen MR) is 75.7 cm³/mol. The molecule has 1 heterocycles. The van der Waals surface area contributed by atoms with Crippen molar-refractivity contribution in [2.75, 3.05) is 18.8 Å². The Morgan fingerprint density at radius 1 is 1.39 bits per heavy atom. The maximum atomic E-state index is 11.9. The van der Waals surface area contributed by atoms with Gasteiger partial charge in [0, 0.05) is 11.0 Å². The zero-order chi connectivity index (χ0) is 13.0. The van der Waals surface area contributed by atoms with Crippen molar-refractivity contribution in [3.05, 3.63) is 34.3 Å². The van der Waals surface area contributed by atoms with Crippen LogP contribution in [0.4, 0.5) is 0 Å². The van der Waals surface area contributed by atoms with E-state index in [4.69, 9.17) is 0 Å². The first kappa shape index (κ1) is 14.0. The molecule has 18 heavy (non-hydrogen) atoms. The summed E-state index contributed by atoms with van der Waals surface area (Å²) in [6.45, 7) is 2.06. The number of halogens is 1. The lowest BCUT2D eigenvalue weighted by atomic mass is 10.2. The molecular weight excluding hydrogens is 316 g/mol. The van der Waals surface area contributed by atoms with Crippen LogP contribution < -0.4 is 10.0 Å². The normalized spacial score (nSPS) is 20.2. The van der Waals surface area contributed by atoms with Gasteiger partial charge < -0.3 is 5.32 Å². The summed E-state index contributed by atoms with van der Waals surface area (Å²) in [5, 5.41) is 3.18. The number of rotatable bonds is 5. The molecule has 1 aliphatic rings. The molecule has 1 fully saturated rings. The number of nitrogens with one attached hydrogen (secondary N) is 2. The Kier molecular flexibility index (Phi) is 4.77. The van der Waals surface area contributed by atoms with Gasteiger partial charge in [-0.25, -0.2) is 13.1 Å². The molecule has 2 rings (SSSR count). The van der Waals surface area contributed by atoms with Gasteiger partial charge in [-0.2, -0.15) is 0 Å². The largest absolute Gasteiger partial charge is 0.316 e. The van der Waals surface area contributed by atoms with Gasteiger partial charge in [0.15, 0.2) is 0 Å². The van der Waals surface area contributed by atoms with Crippen molar-refractivity contribution in [3.63, 3.8) is 0 Å². The highest BCUT2D eigenvalue weighted by Gasteiger charge is 2.22. The summed E-state index contributed by atoms with van der Waals surface area (Å²) in [6.07, 6.45) is 0.940. The molecule has 0 amide bonds. The Morgan fingerprint density at radius 2 is 2.17 bits per heavy atom. The van der Waals surface area contributed by atoms with E-state index in [2.05, 4.69) is 26.0 Å². The minimum absolute atomic E-state index is 0.213. The standard InChI is InChI=1S/C12H17BrN2O2S/c13-12-4-2-1-3-11(12)8-15-18(16,17)9-10-5-6-14-7-10/h1-4,10,14-15H,5-9H2. The van der Waals surface area contributed by atoms with E-state index in [0.29, 0.717) is 6.54 Å². The zero-order valence-electron chi connectivity index (χ0n) is 10.0. The summed E-state index contributed by atoms with van der Waals surface area (Å²) in [4.78, 5) is 0. The van der Waals surface area contributed by atoms with Crippen LogP contribution >= 0.6 is 15.9 Å². The topological polar surface area (TPSA) is 58.2 Å². The average molecular weight is 333 g/mol. The molecule has 100 valence electrons. The molecule has 1 atom stereocenters. The lowest BCUT2D eigenvalue weighted by Crippen LogP contribution is -2.30. The Labute approximate surface area is 116 Å². The summed E-state index contributed by atoms with van der Waals surface area (Å²) in [5.41, 5.74) is 0.950. The zero-order valence-corrected chi connectivity index (χ0v) is 12.4. The fraction of sp³-hybridized carbons (Fsp3) is 0.500. The molecule has 1 aromatic rings. The van der Waals surface area contributed by atoms with E-state index in [1.165, 1.54) is 0 Å². The van der Waals surface area contributed by atoms with Crippen LogP contribution in [-0.4, -0.2) is 27.3 Å². The van der Waals surface area contributed by atoms with Gasteiger partial charge in [0.05, 0.1) is 5.75 Å². The highest BCUT2D eigenvalue weighted by Crippen LogP contribution is 2.16. The van der Waals surface area contributed by atoms with Crippen molar-refractivity contribution < 1.29 is 8.42 Å². The minimum Gasteiger partial charge on any atom is -0.316 e. The number of hydrogen-bond donors (Lipinski definition) is 2. The molecule has 0 aliphatic carbocycles. The number of benzene rings is 1. The van der Waals surface area contributed by atoms with E-state index in [1.807, 2.05) is 24.3 Å². The van der Waals surface area contributed by atoms with Crippen molar-refractivity contribution in [2.24, 2.45) is 5.92 Å². The Hall–Kier alpha value is -0.430. The molecule has 0 bridgehead atoms. The average Bonchev–Trinajstić information content (AvgIpc) is 2.80. The van der Waals surface area contributed by atoms with E-state index in [9.17, 15) is 8.42 Å². The molecule has 0 spiro atoms. The third-order valence-electron chi connectivity index (χ3n) is 3.06. The molecule has 0 saturated carbocycles. The van der Waals surface area contributed by atoms with Gasteiger partial charge in [-0.3, -0.25) is 0 Å². The highest BCUT2D eigenvalue weighted by atomic mass is 79.9. The molecule has 4 nitrogen and oxygen atoms in total. The van der Waals surface area contributed by atoms with Crippen molar-refractivity contribution in [1.29, 1.82) is 0 Å². The maximum absolute atomic E-state index is 11.9. The van der Waals surface area contributed by atoms with Crippen LogP contribution in [0.5, 0.6) is 0 Å². The summed E-state index contributed by atoms with van der Waals surface area (Å²) in [6, 6.07) is 7.62. The van der Waals surface area contributed by atoms with E-state index < -0.39 is 10.0 Å². The van der Waals surface area contributed by atoms with Crippen molar-refractivity contribution in [3.8, 4) is 0 Å². The second kappa shape index (κ2) is 6.14. The molecule has 1 saturated heterocycles. The monoisotopic (exact) mass is 332 g/mol. The lowest BCUT2D eigenvalue weighted by Gasteiger charge is -2.11. The van der Waals surface area contributed by atoms with Gasteiger partial charge in [0.25, 0.3) is 0 Å². The van der Waals surface area contributed by atoms with Gasteiger partial charge in [-0.15, -0.1) is 0 Å². The van der Waals surface area contributed by atoms with Crippen molar-refractivity contribution in [1.82, 2.24) is 10.0 Å². The third kappa shape index (κ3) is 4.05. The summed E-state index contributed by atoms with van der Waals surface area (Å²) in [5.74, 6) is 0.450. The van der Waals surface area contributed by atoms with Gasteiger partial charge in [-0.1, -0.05) is 34.1 Å². The predicted octanol–water partition coefficient (Wildman–Crippen LogP) is 1.48. The summed E-state index contributed by atoms with van der Waals surface area (Å²) >= 11 is 3.41.